The third kappa shape index (κ3) is 3.29. The smallest absolute Gasteiger partial charge is 0.216 e. The van der Waals surface area contributed by atoms with E-state index in [0.29, 0.717) is 10.6 Å². The molecule has 0 fully saturated rings. The summed E-state index contributed by atoms with van der Waals surface area (Å²) in [7, 11) is 1.62. The first-order valence-corrected chi connectivity index (χ1v) is 7.23. The number of ether oxygens (including phenoxy) is 1. The summed E-state index contributed by atoms with van der Waals surface area (Å²) in [6, 6.07) is 14.2. The highest BCUT2D eigenvalue weighted by Crippen LogP contribution is 2.20. The van der Waals surface area contributed by atoms with Crippen LogP contribution in [0.3, 0.4) is 0 Å². The fourth-order valence-electron chi connectivity index (χ4n) is 2.06. The van der Waals surface area contributed by atoms with E-state index >= 15 is 0 Å². The van der Waals surface area contributed by atoms with Gasteiger partial charge in [0.2, 0.25) is 4.77 Å². The first-order chi connectivity index (χ1) is 11.2. The summed E-state index contributed by atoms with van der Waals surface area (Å²) >= 11 is 5.22. The lowest BCUT2D eigenvalue weighted by molar-refractivity contribution is 0.415. The van der Waals surface area contributed by atoms with E-state index in [1.807, 2.05) is 30.3 Å². The molecule has 0 aliphatic carbocycles. The van der Waals surface area contributed by atoms with Crippen LogP contribution in [-0.2, 0) is 0 Å². The Labute approximate surface area is 137 Å². The molecule has 23 heavy (non-hydrogen) atoms. The normalized spacial score (nSPS) is 11.0. The molecule has 0 aliphatic heterocycles. The van der Waals surface area contributed by atoms with Crippen LogP contribution >= 0.6 is 12.2 Å². The number of phenols is 1. The maximum atomic E-state index is 9.49. The van der Waals surface area contributed by atoms with E-state index in [9.17, 15) is 5.11 Å². The molecule has 3 aromatic rings. The zero-order chi connectivity index (χ0) is 16.2. The van der Waals surface area contributed by atoms with Gasteiger partial charge < -0.3 is 9.84 Å². The van der Waals surface area contributed by atoms with Gasteiger partial charge >= 0.3 is 0 Å². The molecular formula is C16H14N4O2S. The molecule has 0 aliphatic rings. The molecule has 0 unspecified atom stereocenters. The van der Waals surface area contributed by atoms with Gasteiger partial charge in [0, 0.05) is 5.56 Å². The minimum absolute atomic E-state index is 0.181. The monoisotopic (exact) mass is 326 g/mol. The summed E-state index contributed by atoms with van der Waals surface area (Å²) in [6.07, 6.45) is 1.61. The highest BCUT2D eigenvalue weighted by Gasteiger charge is 2.08. The molecule has 0 saturated carbocycles. The fourth-order valence-corrected chi connectivity index (χ4v) is 2.23. The molecule has 7 heteroatoms. The molecule has 2 N–H and O–H groups in total. The highest BCUT2D eigenvalue weighted by molar-refractivity contribution is 7.71. The molecule has 0 bridgehead atoms. The average molecular weight is 326 g/mol. The molecule has 0 spiro atoms. The third-order valence-corrected chi connectivity index (χ3v) is 3.46. The Hall–Kier alpha value is -2.93. The first-order valence-electron chi connectivity index (χ1n) is 6.82. The van der Waals surface area contributed by atoms with E-state index in [-0.39, 0.29) is 5.75 Å². The van der Waals surface area contributed by atoms with Gasteiger partial charge in [-0.3, -0.25) is 0 Å². The molecule has 0 saturated heterocycles. The zero-order valence-electron chi connectivity index (χ0n) is 12.3. The summed E-state index contributed by atoms with van der Waals surface area (Å²) in [5.74, 6) is 1.53. The predicted octanol–water partition coefficient (Wildman–Crippen LogP) is 3.20. The van der Waals surface area contributed by atoms with Gasteiger partial charge in [0.15, 0.2) is 5.82 Å². The maximum Gasteiger partial charge on any atom is 0.216 e. The molecule has 116 valence electrons. The van der Waals surface area contributed by atoms with Crippen LogP contribution < -0.4 is 4.74 Å². The van der Waals surface area contributed by atoms with Gasteiger partial charge in [0.25, 0.3) is 0 Å². The number of H-pyrrole nitrogens is 1. The minimum atomic E-state index is 0.181. The molecule has 0 amide bonds. The van der Waals surface area contributed by atoms with Crippen molar-refractivity contribution in [1.82, 2.24) is 14.9 Å². The SMILES string of the molecule is COc1ccc(-c2n[nH]c(=S)n2N=Cc2cccc(O)c2)cc1. The Balaban J connectivity index is 1.96. The molecular weight excluding hydrogens is 312 g/mol. The third-order valence-electron chi connectivity index (χ3n) is 3.19. The zero-order valence-corrected chi connectivity index (χ0v) is 13.1. The summed E-state index contributed by atoms with van der Waals surface area (Å²) in [5.41, 5.74) is 1.61. The number of aromatic amines is 1. The summed E-state index contributed by atoms with van der Waals surface area (Å²) in [5, 5.41) is 20.8. The number of hydrogen-bond donors (Lipinski definition) is 2. The van der Waals surface area contributed by atoms with Crippen molar-refractivity contribution in [3.8, 4) is 22.9 Å². The van der Waals surface area contributed by atoms with Crippen molar-refractivity contribution < 1.29 is 9.84 Å². The van der Waals surface area contributed by atoms with Crippen LogP contribution in [0.5, 0.6) is 11.5 Å². The quantitative estimate of drug-likeness (QED) is 0.570. The Morgan fingerprint density at radius 1 is 1.26 bits per heavy atom. The van der Waals surface area contributed by atoms with E-state index < -0.39 is 0 Å². The van der Waals surface area contributed by atoms with Crippen LogP contribution in [0.1, 0.15) is 5.56 Å². The highest BCUT2D eigenvalue weighted by atomic mass is 32.1. The summed E-state index contributed by atoms with van der Waals surface area (Å²) in [4.78, 5) is 0. The molecule has 1 aromatic heterocycles. The van der Waals surface area contributed by atoms with Crippen molar-refractivity contribution in [1.29, 1.82) is 0 Å². The number of aromatic hydroxyl groups is 1. The second-order valence-electron chi connectivity index (χ2n) is 4.73. The number of aromatic nitrogens is 3. The van der Waals surface area contributed by atoms with E-state index in [4.69, 9.17) is 17.0 Å². The fraction of sp³-hybridized carbons (Fsp3) is 0.0625. The number of nitrogens with zero attached hydrogens (tertiary/aromatic N) is 3. The number of rotatable bonds is 4. The van der Waals surface area contributed by atoms with Crippen molar-refractivity contribution in [2.75, 3.05) is 7.11 Å². The molecule has 6 nitrogen and oxygen atoms in total. The Morgan fingerprint density at radius 3 is 2.74 bits per heavy atom. The molecule has 0 atom stereocenters. The second kappa shape index (κ2) is 6.45. The average Bonchev–Trinajstić information content (AvgIpc) is 2.94. The van der Waals surface area contributed by atoms with E-state index in [1.165, 1.54) is 4.68 Å². The van der Waals surface area contributed by atoms with Crippen LogP contribution in [0.15, 0.2) is 53.6 Å². The Kier molecular flexibility index (Phi) is 4.20. The topological polar surface area (TPSA) is 75.4 Å². The first kappa shape index (κ1) is 15.0. The number of nitrogens with one attached hydrogen (secondary N) is 1. The van der Waals surface area contributed by atoms with Crippen LogP contribution in [0.4, 0.5) is 0 Å². The number of benzene rings is 2. The Morgan fingerprint density at radius 2 is 2.04 bits per heavy atom. The number of methoxy groups -OCH3 is 1. The summed E-state index contributed by atoms with van der Waals surface area (Å²) < 4.78 is 7.06. The van der Waals surface area contributed by atoms with Crippen LogP contribution in [0.25, 0.3) is 11.4 Å². The Bertz CT molecular complexity index is 897. The van der Waals surface area contributed by atoms with Gasteiger partial charge in [-0.15, -0.1) is 0 Å². The molecule has 3 rings (SSSR count). The van der Waals surface area contributed by atoms with Crippen molar-refractivity contribution in [3.63, 3.8) is 0 Å². The molecule has 1 heterocycles. The standard InChI is InChI=1S/C16H14N4O2S/c1-22-14-7-5-12(6-8-14)15-18-19-16(23)20(15)17-10-11-3-2-4-13(21)9-11/h2-10,21H,1H3,(H,19,23). The largest absolute Gasteiger partial charge is 0.508 e. The predicted molar refractivity (Wildman–Crippen MR) is 90.5 cm³/mol. The lowest BCUT2D eigenvalue weighted by Gasteiger charge is -2.03. The van der Waals surface area contributed by atoms with Crippen molar-refractivity contribution >= 4 is 18.4 Å². The lowest BCUT2D eigenvalue weighted by Crippen LogP contribution is -1.95. The van der Waals surface area contributed by atoms with Crippen molar-refractivity contribution in [3.05, 3.63) is 58.9 Å². The van der Waals surface area contributed by atoms with E-state index in [1.54, 1.807) is 31.5 Å². The van der Waals surface area contributed by atoms with Gasteiger partial charge in [0.1, 0.15) is 11.5 Å². The van der Waals surface area contributed by atoms with Crippen LogP contribution in [-0.4, -0.2) is 33.3 Å². The lowest BCUT2D eigenvalue weighted by atomic mass is 10.2. The van der Waals surface area contributed by atoms with E-state index in [2.05, 4.69) is 15.3 Å². The summed E-state index contributed by atoms with van der Waals surface area (Å²) in [6.45, 7) is 0. The number of hydrogen-bond acceptors (Lipinski definition) is 5. The number of phenolic OH excluding ortho intramolecular Hbond substituents is 1. The molecule has 2 aromatic carbocycles. The van der Waals surface area contributed by atoms with Crippen molar-refractivity contribution in [2.45, 2.75) is 0 Å². The maximum absolute atomic E-state index is 9.49. The van der Waals surface area contributed by atoms with Crippen molar-refractivity contribution in [2.24, 2.45) is 5.10 Å². The molecule has 0 radical (unpaired) electrons. The van der Waals surface area contributed by atoms with E-state index in [0.717, 1.165) is 16.9 Å². The second-order valence-corrected chi connectivity index (χ2v) is 5.12. The van der Waals surface area contributed by atoms with Crippen LogP contribution in [0.2, 0.25) is 0 Å². The van der Waals surface area contributed by atoms with Crippen LogP contribution in [0, 0.1) is 4.77 Å². The minimum Gasteiger partial charge on any atom is -0.508 e. The van der Waals surface area contributed by atoms with Gasteiger partial charge in [-0.1, -0.05) is 12.1 Å². The van der Waals surface area contributed by atoms with Gasteiger partial charge in [0.05, 0.1) is 13.3 Å². The van der Waals surface area contributed by atoms with Gasteiger partial charge in [-0.25, -0.2) is 5.10 Å². The van der Waals surface area contributed by atoms with Gasteiger partial charge in [-0.05, 0) is 54.2 Å². The van der Waals surface area contributed by atoms with Gasteiger partial charge in [-0.2, -0.15) is 14.9 Å².